The van der Waals surface area contributed by atoms with Crippen LogP contribution < -0.4 is 15.0 Å². The smallest absolute Gasteiger partial charge is 0.138 e. The summed E-state index contributed by atoms with van der Waals surface area (Å²) in [5, 5.41) is 3.41. The van der Waals surface area contributed by atoms with Gasteiger partial charge in [-0.05, 0) is 34.1 Å². The van der Waals surface area contributed by atoms with E-state index in [1.165, 1.54) is 0 Å². The Bertz CT molecular complexity index is 632. The molecule has 2 aromatic rings. The minimum absolute atomic E-state index is 0.647. The van der Waals surface area contributed by atoms with Gasteiger partial charge in [0.1, 0.15) is 5.75 Å². The molecule has 2 rings (SSSR count). The molecule has 0 aliphatic carbocycles. The van der Waals surface area contributed by atoms with Crippen LogP contribution in [-0.2, 0) is 6.54 Å². The molecule has 21 heavy (non-hydrogen) atoms. The Hall–Kier alpha value is -1.27. The van der Waals surface area contributed by atoms with Crippen molar-refractivity contribution in [3.8, 4) is 5.75 Å². The van der Waals surface area contributed by atoms with E-state index in [1.807, 2.05) is 38.5 Å². The number of rotatable bonds is 5. The SMILES string of the molecule is COc1c(Br)cc(Br)cc1CNc1cnccc1N(C)C. The normalized spacial score (nSPS) is 10.3. The van der Waals surface area contributed by atoms with Crippen LogP contribution in [0.25, 0.3) is 0 Å². The maximum absolute atomic E-state index is 5.46. The van der Waals surface area contributed by atoms with Crippen LogP contribution >= 0.6 is 31.9 Å². The lowest BCUT2D eigenvalue weighted by atomic mass is 10.2. The molecule has 0 bridgehead atoms. The third-order valence-electron chi connectivity index (χ3n) is 3.04. The molecule has 1 aromatic carbocycles. The van der Waals surface area contributed by atoms with Crippen molar-refractivity contribution in [3.63, 3.8) is 0 Å². The summed E-state index contributed by atoms with van der Waals surface area (Å²) in [6, 6.07) is 6.00. The van der Waals surface area contributed by atoms with Gasteiger partial charge in [0.05, 0.1) is 29.2 Å². The van der Waals surface area contributed by atoms with Crippen LogP contribution in [0, 0.1) is 0 Å². The lowest BCUT2D eigenvalue weighted by Crippen LogP contribution is -2.12. The summed E-state index contributed by atoms with van der Waals surface area (Å²) in [6.07, 6.45) is 3.62. The summed E-state index contributed by atoms with van der Waals surface area (Å²) in [5.41, 5.74) is 3.14. The van der Waals surface area contributed by atoms with Crippen molar-refractivity contribution in [3.05, 3.63) is 45.1 Å². The van der Waals surface area contributed by atoms with E-state index in [-0.39, 0.29) is 0 Å². The number of nitrogens with one attached hydrogen (secondary N) is 1. The standard InChI is InChI=1S/C15H17Br2N3O/c1-20(2)14-4-5-18-9-13(14)19-8-10-6-11(16)7-12(17)15(10)21-3/h4-7,9,19H,8H2,1-3H3. The highest BCUT2D eigenvalue weighted by molar-refractivity contribution is 9.11. The van der Waals surface area contributed by atoms with Crippen LogP contribution in [-0.4, -0.2) is 26.2 Å². The fraction of sp³-hybridized carbons (Fsp3) is 0.267. The first kappa shape index (κ1) is 16.1. The lowest BCUT2D eigenvalue weighted by Gasteiger charge is -2.19. The van der Waals surface area contributed by atoms with E-state index in [9.17, 15) is 0 Å². The Labute approximate surface area is 141 Å². The molecule has 0 radical (unpaired) electrons. The molecule has 0 atom stereocenters. The maximum atomic E-state index is 5.46. The van der Waals surface area contributed by atoms with Gasteiger partial charge in [0.25, 0.3) is 0 Å². The third-order valence-corrected chi connectivity index (χ3v) is 4.09. The molecule has 1 heterocycles. The second-order valence-corrected chi connectivity index (χ2v) is 6.49. The van der Waals surface area contributed by atoms with Crippen molar-refractivity contribution < 1.29 is 4.74 Å². The summed E-state index contributed by atoms with van der Waals surface area (Å²) in [6.45, 7) is 0.647. The zero-order valence-electron chi connectivity index (χ0n) is 12.2. The Balaban J connectivity index is 2.25. The minimum Gasteiger partial charge on any atom is -0.495 e. The number of nitrogens with zero attached hydrogens (tertiary/aromatic N) is 2. The van der Waals surface area contributed by atoms with Gasteiger partial charge in [-0.25, -0.2) is 0 Å². The number of methoxy groups -OCH3 is 1. The zero-order valence-corrected chi connectivity index (χ0v) is 15.3. The number of benzene rings is 1. The average molecular weight is 415 g/mol. The van der Waals surface area contributed by atoms with Crippen LogP contribution in [0.2, 0.25) is 0 Å². The third kappa shape index (κ3) is 3.89. The molecule has 0 aliphatic rings. The van der Waals surface area contributed by atoms with Crippen LogP contribution in [0.5, 0.6) is 5.75 Å². The average Bonchev–Trinajstić information content (AvgIpc) is 2.44. The summed E-state index contributed by atoms with van der Waals surface area (Å²) < 4.78 is 7.40. The predicted octanol–water partition coefficient (Wildman–Crippen LogP) is 4.29. The van der Waals surface area contributed by atoms with Crippen LogP contribution in [0.1, 0.15) is 5.56 Å². The van der Waals surface area contributed by atoms with E-state index < -0.39 is 0 Å². The fourth-order valence-electron chi connectivity index (χ4n) is 2.08. The Kier molecular flexibility index (Phi) is 5.47. The van der Waals surface area contributed by atoms with E-state index in [2.05, 4.69) is 47.1 Å². The van der Waals surface area contributed by atoms with Crippen molar-refractivity contribution in [2.45, 2.75) is 6.54 Å². The molecule has 0 aliphatic heterocycles. The van der Waals surface area contributed by atoms with Crippen molar-refractivity contribution in [1.82, 2.24) is 4.98 Å². The summed E-state index contributed by atoms with van der Waals surface area (Å²) in [5.74, 6) is 0.834. The van der Waals surface area contributed by atoms with Crippen molar-refractivity contribution in [1.29, 1.82) is 0 Å². The molecule has 0 spiro atoms. The molecule has 1 N–H and O–H groups in total. The molecule has 112 valence electrons. The van der Waals surface area contributed by atoms with Crippen LogP contribution in [0.4, 0.5) is 11.4 Å². The summed E-state index contributed by atoms with van der Waals surface area (Å²) >= 11 is 7.03. The van der Waals surface area contributed by atoms with Crippen LogP contribution in [0.3, 0.4) is 0 Å². The molecule has 0 saturated carbocycles. The van der Waals surface area contributed by atoms with E-state index in [0.717, 1.165) is 31.6 Å². The predicted molar refractivity (Wildman–Crippen MR) is 94.3 cm³/mol. The molecule has 6 heteroatoms. The summed E-state index contributed by atoms with van der Waals surface area (Å²) in [7, 11) is 5.69. The number of anilines is 2. The van der Waals surface area contributed by atoms with Gasteiger partial charge in [-0.1, -0.05) is 15.9 Å². The van der Waals surface area contributed by atoms with Gasteiger partial charge in [0, 0.05) is 36.9 Å². The minimum atomic E-state index is 0.647. The Morgan fingerprint density at radius 1 is 1.29 bits per heavy atom. The van der Waals surface area contributed by atoms with Crippen molar-refractivity contribution >= 4 is 43.2 Å². The van der Waals surface area contributed by atoms with E-state index >= 15 is 0 Å². The van der Waals surface area contributed by atoms with Gasteiger partial charge < -0.3 is 15.0 Å². The van der Waals surface area contributed by atoms with Crippen molar-refractivity contribution in [2.75, 3.05) is 31.4 Å². The number of hydrogen-bond acceptors (Lipinski definition) is 4. The maximum Gasteiger partial charge on any atom is 0.138 e. The molecule has 4 nitrogen and oxygen atoms in total. The summed E-state index contributed by atoms with van der Waals surface area (Å²) in [4.78, 5) is 6.23. The molecule has 1 aromatic heterocycles. The van der Waals surface area contributed by atoms with Gasteiger partial charge in [0.15, 0.2) is 0 Å². The topological polar surface area (TPSA) is 37.4 Å². The molecule has 0 fully saturated rings. The van der Waals surface area contributed by atoms with Gasteiger partial charge in [-0.3, -0.25) is 4.98 Å². The number of halogens is 2. The number of pyridine rings is 1. The number of ether oxygens (including phenoxy) is 1. The van der Waals surface area contributed by atoms with E-state index in [1.54, 1.807) is 13.3 Å². The monoisotopic (exact) mass is 413 g/mol. The largest absolute Gasteiger partial charge is 0.495 e. The number of aromatic nitrogens is 1. The number of hydrogen-bond donors (Lipinski definition) is 1. The van der Waals surface area contributed by atoms with Gasteiger partial charge in [-0.15, -0.1) is 0 Å². The molecular weight excluding hydrogens is 398 g/mol. The van der Waals surface area contributed by atoms with E-state index in [4.69, 9.17) is 4.74 Å². The zero-order chi connectivity index (χ0) is 15.4. The fourth-order valence-corrected chi connectivity index (χ4v) is 3.55. The Morgan fingerprint density at radius 3 is 2.71 bits per heavy atom. The lowest BCUT2D eigenvalue weighted by molar-refractivity contribution is 0.407. The molecule has 0 saturated heterocycles. The second-order valence-electron chi connectivity index (χ2n) is 4.72. The van der Waals surface area contributed by atoms with Gasteiger partial charge in [0.2, 0.25) is 0 Å². The first-order valence-corrected chi connectivity index (χ1v) is 7.98. The second kappa shape index (κ2) is 7.13. The van der Waals surface area contributed by atoms with Gasteiger partial charge in [-0.2, -0.15) is 0 Å². The molecule has 0 unspecified atom stereocenters. The quantitative estimate of drug-likeness (QED) is 0.791. The van der Waals surface area contributed by atoms with Crippen molar-refractivity contribution in [2.24, 2.45) is 0 Å². The molecular formula is C15H17Br2N3O. The first-order chi connectivity index (χ1) is 10.0. The highest BCUT2D eigenvalue weighted by Gasteiger charge is 2.10. The molecule has 0 amide bonds. The highest BCUT2D eigenvalue weighted by atomic mass is 79.9. The van der Waals surface area contributed by atoms with E-state index in [0.29, 0.717) is 6.54 Å². The highest BCUT2D eigenvalue weighted by Crippen LogP contribution is 2.33. The Morgan fingerprint density at radius 2 is 2.05 bits per heavy atom. The van der Waals surface area contributed by atoms with Gasteiger partial charge >= 0.3 is 0 Å². The van der Waals surface area contributed by atoms with Crippen LogP contribution in [0.15, 0.2) is 39.5 Å². The first-order valence-electron chi connectivity index (χ1n) is 6.40.